The first kappa shape index (κ1) is 16.9. The maximum Gasteiger partial charge on any atom is 0.281 e. The van der Waals surface area contributed by atoms with Crippen LogP contribution in [0.3, 0.4) is 0 Å². The normalized spacial score (nSPS) is 12.8. The Labute approximate surface area is 138 Å². The Morgan fingerprint density at radius 2 is 2.00 bits per heavy atom. The molecule has 0 atom stereocenters. The molecule has 118 valence electrons. The Morgan fingerprint density at radius 1 is 1.36 bits per heavy atom. The molecule has 0 N–H and O–H groups in total. The SMILES string of the molecule is Cc1c(C(C)(C)C)sc(=NC(=O)c2cc(F)ccc2Cl)n1C. The van der Waals surface area contributed by atoms with Gasteiger partial charge < -0.3 is 4.57 Å². The number of benzene rings is 1. The summed E-state index contributed by atoms with van der Waals surface area (Å²) in [6.07, 6.45) is 0. The van der Waals surface area contributed by atoms with Crippen molar-refractivity contribution in [1.29, 1.82) is 0 Å². The van der Waals surface area contributed by atoms with E-state index in [1.165, 1.54) is 23.5 Å². The Balaban J connectivity index is 2.54. The van der Waals surface area contributed by atoms with Crippen molar-refractivity contribution in [3.63, 3.8) is 0 Å². The largest absolute Gasteiger partial charge is 0.324 e. The average Bonchev–Trinajstić information content (AvgIpc) is 2.69. The molecule has 1 heterocycles. The monoisotopic (exact) mass is 340 g/mol. The van der Waals surface area contributed by atoms with Crippen molar-refractivity contribution in [3.05, 3.63) is 50.0 Å². The quantitative estimate of drug-likeness (QED) is 0.765. The number of hydrogen-bond acceptors (Lipinski definition) is 2. The molecule has 1 aromatic heterocycles. The predicted molar refractivity (Wildman–Crippen MR) is 88.0 cm³/mol. The summed E-state index contributed by atoms with van der Waals surface area (Å²) in [6.45, 7) is 8.33. The van der Waals surface area contributed by atoms with Crippen LogP contribution >= 0.6 is 22.9 Å². The molecule has 6 heteroatoms. The van der Waals surface area contributed by atoms with Gasteiger partial charge in [0.25, 0.3) is 5.91 Å². The van der Waals surface area contributed by atoms with Crippen LogP contribution < -0.4 is 4.80 Å². The van der Waals surface area contributed by atoms with Crippen LogP contribution in [0.15, 0.2) is 23.2 Å². The minimum absolute atomic E-state index is 0.0279. The molecule has 22 heavy (non-hydrogen) atoms. The first-order valence-corrected chi connectivity index (χ1v) is 8.01. The second-order valence-corrected chi connectivity index (χ2v) is 7.53. The average molecular weight is 341 g/mol. The number of thiazole rings is 1. The van der Waals surface area contributed by atoms with Crippen LogP contribution in [0, 0.1) is 12.7 Å². The lowest BCUT2D eigenvalue weighted by atomic mass is 9.93. The molecule has 0 unspecified atom stereocenters. The summed E-state index contributed by atoms with van der Waals surface area (Å²) in [7, 11) is 1.86. The number of hydrogen-bond donors (Lipinski definition) is 0. The van der Waals surface area contributed by atoms with E-state index in [9.17, 15) is 9.18 Å². The lowest BCUT2D eigenvalue weighted by Crippen LogP contribution is -2.15. The first-order valence-electron chi connectivity index (χ1n) is 6.82. The summed E-state index contributed by atoms with van der Waals surface area (Å²) < 4.78 is 15.2. The highest BCUT2D eigenvalue weighted by molar-refractivity contribution is 7.09. The number of halogens is 2. The van der Waals surface area contributed by atoms with Gasteiger partial charge in [0.05, 0.1) is 10.6 Å². The third-order valence-electron chi connectivity index (χ3n) is 3.35. The maximum absolute atomic E-state index is 13.3. The molecule has 0 aliphatic rings. The number of aromatic nitrogens is 1. The highest BCUT2D eigenvalue weighted by atomic mass is 35.5. The fraction of sp³-hybridized carbons (Fsp3) is 0.375. The van der Waals surface area contributed by atoms with Gasteiger partial charge in [-0.05, 0) is 30.5 Å². The molecule has 0 spiro atoms. The molecule has 1 amide bonds. The number of carbonyl (C=O) groups excluding carboxylic acids is 1. The number of carbonyl (C=O) groups is 1. The van der Waals surface area contributed by atoms with Gasteiger partial charge in [-0.1, -0.05) is 32.4 Å². The maximum atomic E-state index is 13.3. The van der Waals surface area contributed by atoms with Crippen LogP contribution in [0.25, 0.3) is 0 Å². The van der Waals surface area contributed by atoms with Gasteiger partial charge >= 0.3 is 0 Å². The zero-order chi connectivity index (χ0) is 16.7. The van der Waals surface area contributed by atoms with Gasteiger partial charge in [-0.2, -0.15) is 4.99 Å². The van der Waals surface area contributed by atoms with Crippen molar-refractivity contribution in [1.82, 2.24) is 4.57 Å². The topological polar surface area (TPSA) is 34.4 Å². The van der Waals surface area contributed by atoms with E-state index in [2.05, 4.69) is 25.8 Å². The van der Waals surface area contributed by atoms with E-state index < -0.39 is 11.7 Å². The van der Waals surface area contributed by atoms with E-state index in [1.807, 2.05) is 18.5 Å². The summed E-state index contributed by atoms with van der Waals surface area (Å²) in [6, 6.07) is 3.69. The third kappa shape index (κ3) is 3.31. The van der Waals surface area contributed by atoms with Gasteiger partial charge in [0.1, 0.15) is 5.82 Å². The van der Waals surface area contributed by atoms with Crippen molar-refractivity contribution in [2.24, 2.45) is 12.0 Å². The fourth-order valence-corrected chi connectivity index (χ4v) is 3.51. The van der Waals surface area contributed by atoms with Crippen LogP contribution in [0.1, 0.15) is 41.7 Å². The van der Waals surface area contributed by atoms with Crippen molar-refractivity contribution >= 4 is 28.8 Å². The van der Waals surface area contributed by atoms with Crippen molar-refractivity contribution < 1.29 is 9.18 Å². The Morgan fingerprint density at radius 3 is 2.55 bits per heavy atom. The molecule has 2 rings (SSSR count). The van der Waals surface area contributed by atoms with Gasteiger partial charge in [-0.15, -0.1) is 11.3 Å². The number of nitrogens with zero attached hydrogens (tertiary/aromatic N) is 2. The molecular formula is C16H18ClFN2OS. The molecule has 2 aromatic rings. The van der Waals surface area contributed by atoms with E-state index in [1.54, 1.807) is 0 Å². The molecule has 0 fully saturated rings. The second-order valence-electron chi connectivity index (χ2n) is 6.15. The minimum atomic E-state index is -0.540. The smallest absolute Gasteiger partial charge is 0.281 e. The van der Waals surface area contributed by atoms with Crippen LogP contribution in [0.2, 0.25) is 5.02 Å². The number of amides is 1. The molecule has 0 saturated carbocycles. The van der Waals surface area contributed by atoms with Crippen LogP contribution in [-0.4, -0.2) is 10.5 Å². The lowest BCUT2D eigenvalue weighted by Gasteiger charge is -2.17. The van der Waals surface area contributed by atoms with Gasteiger partial charge in [0.2, 0.25) is 0 Å². The van der Waals surface area contributed by atoms with E-state index >= 15 is 0 Å². The predicted octanol–water partition coefficient (Wildman–Crippen LogP) is 4.23. The van der Waals surface area contributed by atoms with E-state index in [0.29, 0.717) is 4.80 Å². The minimum Gasteiger partial charge on any atom is -0.324 e. The molecule has 1 aromatic carbocycles. The molecule has 0 bridgehead atoms. The van der Waals surface area contributed by atoms with E-state index in [0.717, 1.165) is 16.6 Å². The molecule has 3 nitrogen and oxygen atoms in total. The molecule has 0 aliphatic heterocycles. The lowest BCUT2D eigenvalue weighted by molar-refractivity contribution is 0.0997. The van der Waals surface area contributed by atoms with Crippen molar-refractivity contribution in [3.8, 4) is 0 Å². The zero-order valence-electron chi connectivity index (χ0n) is 13.2. The summed E-state index contributed by atoms with van der Waals surface area (Å²) in [4.78, 5) is 18.1. The van der Waals surface area contributed by atoms with E-state index in [4.69, 9.17) is 11.6 Å². The Kier molecular flexibility index (Phi) is 4.59. The van der Waals surface area contributed by atoms with E-state index in [-0.39, 0.29) is 16.0 Å². The van der Waals surface area contributed by atoms with Crippen LogP contribution in [0.5, 0.6) is 0 Å². The molecular weight excluding hydrogens is 323 g/mol. The highest BCUT2D eigenvalue weighted by Gasteiger charge is 2.21. The fourth-order valence-electron chi connectivity index (χ4n) is 2.13. The summed E-state index contributed by atoms with van der Waals surface area (Å²) in [5.74, 6) is -1.05. The third-order valence-corrected chi connectivity index (χ3v) is 5.34. The second kappa shape index (κ2) is 5.97. The summed E-state index contributed by atoms with van der Waals surface area (Å²) in [5.41, 5.74) is 1.11. The van der Waals surface area contributed by atoms with Gasteiger partial charge in [0.15, 0.2) is 4.80 Å². The standard InChI is InChI=1S/C16H18ClFN2OS/c1-9-13(16(2,3)4)22-15(20(9)5)19-14(21)11-8-10(18)6-7-12(11)17/h6-8H,1-5H3. The molecule has 0 radical (unpaired) electrons. The summed E-state index contributed by atoms with van der Waals surface area (Å²) >= 11 is 7.42. The first-order chi connectivity index (χ1) is 10.1. The van der Waals surface area contributed by atoms with Gasteiger partial charge in [0, 0.05) is 17.6 Å². The molecule has 0 aliphatic carbocycles. The molecule has 0 saturated heterocycles. The van der Waals surface area contributed by atoms with Gasteiger partial charge in [-0.25, -0.2) is 4.39 Å². The number of rotatable bonds is 1. The van der Waals surface area contributed by atoms with Crippen molar-refractivity contribution in [2.45, 2.75) is 33.1 Å². The van der Waals surface area contributed by atoms with Gasteiger partial charge in [-0.3, -0.25) is 4.79 Å². The zero-order valence-corrected chi connectivity index (χ0v) is 14.8. The highest BCUT2D eigenvalue weighted by Crippen LogP contribution is 2.27. The Hall–Kier alpha value is -1.46. The van der Waals surface area contributed by atoms with Crippen molar-refractivity contribution in [2.75, 3.05) is 0 Å². The summed E-state index contributed by atoms with van der Waals surface area (Å²) in [5, 5.41) is 0.196. The van der Waals surface area contributed by atoms with Crippen LogP contribution in [0.4, 0.5) is 4.39 Å². The van der Waals surface area contributed by atoms with Crippen LogP contribution in [-0.2, 0) is 12.5 Å². The Bertz CT molecular complexity index is 799.